The summed E-state index contributed by atoms with van der Waals surface area (Å²) in [5.74, 6) is -2.35. The molecule has 0 aliphatic carbocycles. The molecule has 110 valence electrons. The van der Waals surface area contributed by atoms with Crippen molar-refractivity contribution in [3.8, 4) is 0 Å². The summed E-state index contributed by atoms with van der Waals surface area (Å²) in [6.07, 6.45) is -0.156. The van der Waals surface area contributed by atoms with Crippen LogP contribution in [0.4, 0.5) is 4.39 Å². The third-order valence-corrected chi connectivity index (χ3v) is 3.31. The second-order valence-electron chi connectivity index (χ2n) is 4.74. The Kier molecular flexibility index (Phi) is 4.11. The quantitative estimate of drug-likeness (QED) is 0.637. The number of hydrogen-bond donors (Lipinski definition) is 1. The van der Waals surface area contributed by atoms with Gasteiger partial charge in [-0.3, -0.25) is 24.1 Å². The highest BCUT2D eigenvalue weighted by Crippen LogP contribution is 2.16. The van der Waals surface area contributed by atoms with Gasteiger partial charge in [-0.05, 0) is 24.6 Å². The first-order valence-electron chi connectivity index (χ1n) is 6.27. The standard InChI is InChI=1S/C14H13FN2O4/c1-8-2-3-9(15)4-10(8)14(21)17(7-18)11-6-16-13(20)5-12(11)19/h2-4,7,11H,5-6H2,1H3,(H,16,20). The molecule has 0 saturated carbocycles. The van der Waals surface area contributed by atoms with Gasteiger partial charge in [-0.15, -0.1) is 0 Å². The van der Waals surface area contributed by atoms with E-state index in [1.165, 1.54) is 12.1 Å². The van der Waals surface area contributed by atoms with E-state index in [0.29, 0.717) is 10.5 Å². The lowest BCUT2D eigenvalue weighted by Crippen LogP contribution is -2.55. The molecule has 1 aromatic rings. The maximum atomic E-state index is 13.3. The molecule has 1 N–H and O–H groups in total. The average molecular weight is 292 g/mol. The SMILES string of the molecule is Cc1ccc(F)cc1C(=O)N(C=O)C1CNC(=O)CC1=O. The number of imide groups is 1. The van der Waals surface area contributed by atoms with Crippen molar-refractivity contribution in [3.63, 3.8) is 0 Å². The number of piperidine rings is 1. The molecule has 21 heavy (non-hydrogen) atoms. The van der Waals surface area contributed by atoms with Gasteiger partial charge in [0.15, 0.2) is 5.78 Å². The Labute approximate surface area is 119 Å². The first-order valence-corrected chi connectivity index (χ1v) is 6.27. The minimum atomic E-state index is -1.06. The second-order valence-corrected chi connectivity index (χ2v) is 4.74. The zero-order valence-corrected chi connectivity index (χ0v) is 11.3. The lowest BCUT2D eigenvalue weighted by Gasteiger charge is -2.29. The van der Waals surface area contributed by atoms with E-state index >= 15 is 0 Å². The smallest absolute Gasteiger partial charge is 0.261 e. The molecule has 0 spiro atoms. The minimum absolute atomic E-state index is 0.00630. The Balaban J connectivity index is 2.30. The Bertz CT molecular complexity index is 629. The third kappa shape index (κ3) is 2.96. The molecule has 3 amide bonds. The first kappa shape index (κ1) is 14.8. The maximum Gasteiger partial charge on any atom is 0.261 e. The predicted molar refractivity (Wildman–Crippen MR) is 69.8 cm³/mol. The molecule has 1 fully saturated rings. The number of benzene rings is 1. The number of halogens is 1. The fourth-order valence-electron chi connectivity index (χ4n) is 2.14. The summed E-state index contributed by atoms with van der Waals surface area (Å²) in [4.78, 5) is 47.1. The van der Waals surface area contributed by atoms with Crippen LogP contribution in [0.3, 0.4) is 0 Å². The molecule has 2 rings (SSSR count). The van der Waals surface area contributed by atoms with Crippen LogP contribution in [0.2, 0.25) is 0 Å². The van der Waals surface area contributed by atoms with E-state index in [1.54, 1.807) is 6.92 Å². The van der Waals surface area contributed by atoms with Gasteiger partial charge in [0.25, 0.3) is 5.91 Å². The van der Waals surface area contributed by atoms with Crippen LogP contribution in [0.15, 0.2) is 18.2 Å². The van der Waals surface area contributed by atoms with Crippen LogP contribution in [0.1, 0.15) is 22.3 Å². The fraction of sp³-hybridized carbons (Fsp3) is 0.286. The topological polar surface area (TPSA) is 83.6 Å². The molecule has 1 heterocycles. The Morgan fingerprint density at radius 2 is 2.14 bits per heavy atom. The van der Waals surface area contributed by atoms with Crippen molar-refractivity contribution in [1.29, 1.82) is 0 Å². The summed E-state index contributed by atoms with van der Waals surface area (Å²) < 4.78 is 13.3. The number of Topliss-reactive ketones (excluding diaryl/α,β-unsaturated/α-hetero) is 1. The van der Waals surface area contributed by atoms with E-state index in [-0.39, 0.29) is 24.9 Å². The van der Waals surface area contributed by atoms with E-state index in [2.05, 4.69) is 5.32 Å². The van der Waals surface area contributed by atoms with Gasteiger partial charge in [0.1, 0.15) is 11.9 Å². The van der Waals surface area contributed by atoms with Gasteiger partial charge in [0.05, 0.1) is 6.42 Å². The van der Waals surface area contributed by atoms with Gasteiger partial charge in [0, 0.05) is 12.1 Å². The molecule has 1 unspecified atom stereocenters. The highest BCUT2D eigenvalue weighted by Gasteiger charge is 2.35. The fourth-order valence-corrected chi connectivity index (χ4v) is 2.14. The number of carbonyl (C=O) groups excluding carboxylic acids is 4. The van der Waals surface area contributed by atoms with Crippen molar-refractivity contribution in [1.82, 2.24) is 10.2 Å². The third-order valence-electron chi connectivity index (χ3n) is 3.31. The van der Waals surface area contributed by atoms with Crippen LogP contribution in [0, 0.1) is 12.7 Å². The molecule has 0 aromatic heterocycles. The van der Waals surface area contributed by atoms with E-state index in [4.69, 9.17) is 0 Å². The Hall–Kier alpha value is -2.57. The summed E-state index contributed by atoms with van der Waals surface area (Å²) in [7, 11) is 0. The molecule has 1 atom stereocenters. The molecule has 1 aliphatic rings. The molecule has 0 bridgehead atoms. The Morgan fingerprint density at radius 3 is 2.76 bits per heavy atom. The number of nitrogens with one attached hydrogen (secondary N) is 1. The lowest BCUT2D eigenvalue weighted by molar-refractivity contribution is -0.137. The highest BCUT2D eigenvalue weighted by atomic mass is 19.1. The number of hydrogen-bond acceptors (Lipinski definition) is 4. The van der Waals surface area contributed by atoms with Crippen LogP contribution < -0.4 is 5.32 Å². The molecule has 1 aromatic carbocycles. The van der Waals surface area contributed by atoms with Crippen LogP contribution in [0.5, 0.6) is 0 Å². The monoisotopic (exact) mass is 292 g/mol. The molecular formula is C14H13FN2O4. The normalized spacial score (nSPS) is 18.1. The van der Waals surface area contributed by atoms with Crippen molar-refractivity contribution in [2.24, 2.45) is 0 Å². The van der Waals surface area contributed by atoms with Gasteiger partial charge < -0.3 is 5.32 Å². The van der Waals surface area contributed by atoms with Crippen LogP contribution in [0.25, 0.3) is 0 Å². The number of carbonyl (C=O) groups is 4. The number of rotatable bonds is 3. The minimum Gasteiger partial charge on any atom is -0.353 e. The van der Waals surface area contributed by atoms with Crippen LogP contribution >= 0.6 is 0 Å². The maximum absolute atomic E-state index is 13.3. The predicted octanol–water partition coefficient (Wildman–Crippen LogP) is 0.190. The molecule has 1 aliphatic heterocycles. The average Bonchev–Trinajstić information content (AvgIpc) is 2.44. The lowest BCUT2D eigenvalue weighted by atomic mass is 10.0. The zero-order chi connectivity index (χ0) is 15.6. The van der Waals surface area contributed by atoms with E-state index in [9.17, 15) is 23.6 Å². The summed E-state index contributed by atoms with van der Waals surface area (Å²) in [5, 5.41) is 2.42. The van der Waals surface area contributed by atoms with Gasteiger partial charge in [-0.2, -0.15) is 0 Å². The van der Waals surface area contributed by atoms with Crippen molar-refractivity contribution >= 4 is 24.0 Å². The molecule has 1 saturated heterocycles. The van der Waals surface area contributed by atoms with Gasteiger partial charge in [-0.25, -0.2) is 4.39 Å². The van der Waals surface area contributed by atoms with Crippen LogP contribution in [-0.2, 0) is 14.4 Å². The van der Waals surface area contributed by atoms with Crippen molar-refractivity contribution < 1.29 is 23.6 Å². The largest absolute Gasteiger partial charge is 0.353 e. The molecule has 6 nitrogen and oxygen atoms in total. The van der Waals surface area contributed by atoms with E-state index < -0.39 is 29.5 Å². The van der Waals surface area contributed by atoms with E-state index in [1.807, 2.05) is 0 Å². The van der Waals surface area contributed by atoms with Crippen LogP contribution in [-0.4, -0.2) is 41.5 Å². The van der Waals surface area contributed by atoms with Crippen molar-refractivity contribution in [2.45, 2.75) is 19.4 Å². The number of ketones is 1. The molecular weight excluding hydrogens is 279 g/mol. The van der Waals surface area contributed by atoms with Crippen molar-refractivity contribution in [3.05, 3.63) is 35.1 Å². The summed E-state index contributed by atoms with van der Waals surface area (Å²) in [6, 6.07) is 2.56. The molecule has 0 radical (unpaired) electrons. The van der Waals surface area contributed by atoms with Crippen molar-refractivity contribution in [2.75, 3.05) is 6.54 Å². The summed E-state index contributed by atoms with van der Waals surface area (Å²) >= 11 is 0. The number of nitrogens with zero attached hydrogens (tertiary/aromatic N) is 1. The number of aryl methyl sites for hydroxylation is 1. The second kappa shape index (κ2) is 5.82. The number of amides is 3. The zero-order valence-electron chi connectivity index (χ0n) is 11.3. The van der Waals surface area contributed by atoms with E-state index in [0.717, 1.165) is 6.07 Å². The molecule has 7 heteroatoms. The van der Waals surface area contributed by atoms with Gasteiger partial charge in [-0.1, -0.05) is 6.07 Å². The summed E-state index contributed by atoms with van der Waals surface area (Å²) in [5.41, 5.74) is 0.493. The first-order chi connectivity index (χ1) is 9.93. The summed E-state index contributed by atoms with van der Waals surface area (Å²) in [6.45, 7) is 1.47. The van der Waals surface area contributed by atoms with Gasteiger partial charge >= 0.3 is 0 Å². The Morgan fingerprint density at radius 1 is 1.43 bits per heavy atom. The highest BCUT2D eigenvalue weighted by molar-refractivity contribution is 6.09. The van der Waals surface area contributed by atoms with Gasteiger partial charge in [0.2, 0.25) is 12.3 Å².